The van der Waals surface area contributed by atoms with E-state index in [0.29, 0.717) is 32.2 Å². The Kier molecular flexibility index (Phi) is 22.1. The smallest absolute Gasteiger partial charge is 0.279 e. The predicted octanol–water partition coefficient (Wildman–Crippen LogP) is 3.54. The molecule has 8 nitrogen and oxygen atoms in total. The summed E-state index contributed by atoms with van der Waals surface area (Å²) in [6.07, 6.45) is 0. The van der Waals surface area contributed by atoms with E-state index in [1.54, 1.807) is 45.0 Å². The number of hydrogen-bond donors (Lipinski definition) is 0. The first-order valence-corrected chi connectivity index (χ1v) is 8.15. The van der Waals surface area contributed by atoms with Crippen LogP contribution in [0.15, 0.2) is 11.3 Å². The van der Waals surface area contributed by atoms with Crippen LogP contribution < -0.4 is 0 Å². The van der Waals surface area contributed by atoms with Crippen molar-refractivity contribution in [1.29, 1.82) is 21.0 Å². The van der Waals surface area contributed by atoms with Gasteiger partial charge in [0.2, 0.25) is 0 Å². The lowest BCUT2D eigenvalue weighted by Gasteiger charge is -2.27. The van der Waals surface area contributed by atoms with Crippen LogP contribution in [0, 0.1) is 45.3 Å². The minimum atomic E-state index is -0.849. The van der Waals surface area contributed by atoms with Gasteiger partial charge in [0.1, 0.15) is 24.3 Å². The van der Waals surface area contributed by atoms with Crippen LogP contribution in [0.2, 0.25) is 0 Å². The van der Waals surface area contributed by atoms with E-state index in [1.807, 2.05) is 20.8 Å². The van der Waals surface area contributed by atoms with Crippen LogP contribution in [-0.2, 0) is 18.9 Å². The number of ether oxygens (including phenoxy) is 4. The average Bonchev–Trinajstić information content (AvgIpc) is 2.58. The molecule has 0 aromatic rings. The molecule has 0 bridgehead atoms. The van der Waals surface area contributed by atoms with E-state index < -0.39 is 5.97 Å². The molecule has 0 aliphatic carbocycles. The van der Waals surface area contributed by atoms with Crippen LogP contribution in [0.1, 0.15) is 48.0 Å². The van der Waals surface area contributed by atoms with Crippen LogP contribution in [0.3, 0.4) is 0 Å². The number of rotatable bonds is 8. The minimum absolute atomic E-state index is 0. The number of hydrogen-bond acceptors (Lipinski definition) is 8. The lowest BCUT2D eigenvalue weighted by atomic mass is 10.3. The zero-order valence-electron chi connectivity index (χ0n) is 16.5. The van der Waals surface area contributed by atoms with E-state index in [-0.39, 0.29) is 12.0 Å². The molecule has 0 aromatic heterocycles. The van der Waals surface area contributed by atoms with Crippen LogP contribution in [-0.4, -0.2) is 32.4 Å². The third-order valence-corrected chi connectivity index (χ3v) is 2.31. The molecule has 0 saturated carbocycles. The van der Waals surface area contributed by atoms with E-state index in [9.17, 15) is 0 Å². The van der Waals surface area contributed by atoms with Crippen molar-refractivity contribution in [2.45, 2.75) is 53.9 Å². The second kappa shape index (κ2) is 20.4. The normalized spacial score (nSPS) is 8.69. The average molecular weight is 364 g/mol. The first-order chi connectivity index (χ1) is 12.4. The Bertz CT molecular complexity index is 502. The Hall–Kier alpha value is -2.62. The molecule has 0 unspecified atom stereocenters. The van der Waals surface area contributed by atoms with E-state index >= 15 is 0 Å². The van der Waals surface area contributed by atoms with Crippen molar-refractivity contribution < 1.29 is 18.9 Å². The summed E-state index contributed by atoms with van der Waals surface area (Å²) < 4.78 is 20.7. The van der Waals surface area contributed by atoms with Crippen LogP contribution in [0.5, 0.6) is 0 Å². The summed E-state index contributed by atoms with van der Waals surface area (Å²) in [6, 6.07) is 6.77. The van der Waals surface area contributed by atoms with Gasteiger partial charge in [-0.2, -0.15) is 21.0 Å². The fourth-order valence-electron chi connectivity index (χ4n) is 1.42. The number of nitrogens with zero attached hydrogens (tertiary/aromatic N) is 4. The molecule has 0 atom stereocenters. The molecule has 0 radical (unpaired) electrons. The summed E-state index contributed by atoms with van der Waals surface area (Å²) in [7, 11) is 0. The van der Waals surface area contributed by atoms with Crippen molar-refractivity contribution in [2.24, 2.45) is 0 Å². The maximum atomic E-state index is 8.31. The summed E-state index contributed by atoms with van der Waals surface area (Å²) >= 11 is 0. The lowest BCUT2D eigenvalue weighted by molar-refractivity contribution is -0.365. The standard InChI is InChI=1S/C8H18O3.C7H8N2O.C3H2N2/c1-5-9-8(4,10-6-2)11-7-3;1-3-10-6(2)7(4-8)5-9;4-2-1-3-5/h5-7H2,1-4H3;3H2,1-2H3;1H2. The topological polar surface area (TPSA) is 132 Å². The van der Waals surface area contributed by atoms with Crippen LogP contribution in [0.25, 0.3) is 0 Å². The van der Waals surface area contributed by atoms with Crippen molar-refractivity contribution in [3.8, 4) is 24.3 Å². The summed E-state index contributed by atoms with van der Waals surface area (Å²) in [5.74, 6) is -0.453. The third-order valence-electron chi connectivity index (χ3n) is 2.31. The molecule has 0 heterocycles. The van der Waals surface area contributed by atoms with Crippen molar-refractivity contribution >= 4 is 0 Å². The Morgan fingerprint density at radius 1 is 0.769 bits per heavy atom. The van der Waals surface area contributed by atoms with Crippen molar-refractivity contribution in [1.82, 2.24) is 0 Å². The summed E-state index contributed by atoms with van der Waals surface area (Å²) in [6.45, 7) is 13.2. The fourth-order valence-corrected chi connectivity index (χ4v) is 1.42. The first-order valence-electron chi connectivity index (χ1n) is 8.15. The van der Waals surface area contributed by atoms with Gasteiger partial charge in [-0.25, -0.2) is 0 Å². The molecule has 0 fully saturated rings. The number of allylic oxidation sites excluding steroid dienone is 2. The van der Waals surface area contributed by atoms with Gasteiger partial charge in [-0.15, -0.1) is 0 Å². The monoisotopic (exact) mass is 364 g/mol. The second-order valence-corrected chi connectivity index (χ2v) is 4.24. The third kappa shape index (κ3) is 17.7. The van der Waals surface area contributed by atoms with E-state index in [2.05, 4.69) is 0 Å². The fraction of sp³-hybridized carbons (Fsp3) is 0.667. The molecule has 8 heteroatoms. The summed E-state index contributed by atoms with van der Waals surface area (Å²) in [5.41, 5.74) is 0.0434. The highest BCUT2D eigenvalue weighted by atomic mass is 16.9. The Labute approximate surface area is 156 Å². The number of nitriles is 4. The van der Waals surface area contributed by atoms with Gasteiger partial charge in [-0.3, -0.25) is 0 Å². The molecule has 0 rings (SSSR count). The van der Waals surface area contributed by atoms with Gasteiger partial charge in [-0.05, 0) is 34.6 Å². The molecule has 144 valence electrons. The van der Waals surface area contributed by atoms with E-state index in [4.69, 9.17) is 40.0 Å². The predicted molar refractivity (Wildman–Crippen MR) is 94.7 cm³/mol. The summed E-state index contributed by atoms with van der Waals surface area (Å²) in [5, 5.41) is 31.8. The first kappa shape index (κ1) is 28.2. The minimum Gasteiger partial charge on any atom is -0.496 e. The Morgan fingerprint density at radius 3 is 1.35 bits per heavy atom. The van der Waals surface area contributed by atoms with Crippen LogP contribution >= 0.6 is 0 Å². The van der Waals surface area contributed by atoms with Crippen molar-refractivity contribution in [3.05, 3.63) is 11.3 Å². The van der Waals surface area contributed by atoms with E-state index in [1.165, 1.54) is 0 Å². The van der Waals surface area contributed by atoms with Crippen molar-refractivity contribution in [3.63, 3.8) is 0 Å². The summed E-state index contributed by atoms with van der Waals surface area (Å²) in [4.78, 5) is 0. The zero-order valence-corrected chi connectivity index (χ0v) is 16.5. The van der Waals surface area contributed by atoms with Gasteiger partial charge in [0.15, 0.2) is 5.57 Å². The highest BCUT2D eigenvalue weighted by Crippen LogP contribution is 2.13. The zero-order chi connectivity index (χ0) is 20.8. The maximum absolute atomic E-state index is 8.31. The van der Waals surface area contributed by atoms with E-state index in [0.717, 1.165) is 0 Å². The second-order valence-electron chi connectivity index (χ2n) is 4.24. The van der Waals surface area contributed by atoms with Gasteiger partial charge in [0.25, 0.3) is 5.97 Å². The van der Waals surface area contributed by atoms with Gasteiger partial charge in [0, 0.05) is 26.7 Å². The molecule has 0 saturated heterocycles. The maximum Gasteiger partial charge on any atom is 0.279 e. The van der Waals surface area contributed by atoms with Crippen molar-refractivity contribution in [2.75, 3.05) is 26.4 Å². The van der Waals surface area contributed by atoms with Gasteiger partial charge in [-0.1, -0.05) is 0 Å². The highest BCUT2D eigenvalue weighted by Gasteiger charge is 2.24. The molecule has 0 amide bonds. The molecule has 0 spiro atoms. The molecular weight excluding hydrogens is 336 g/mol. The SMILES string of the molecule is CCOC(C)(OCC)OCC.CCOC(C)=C(C#N)C#N.N#CCC#N. The largest absolute Gasteiger partial charge is 0.496 e. The van der Waals surface area contributed by atoms with Crippen LogP contribution in [0.4, 0.5) is 0 Å². The molecule has 0 N–H and O–H groups in total. The quantitative estimate of drug-likeness (QED) is 0.363. The molecule has 0 aromatic carbocycles. The molecule has 0 aliphatic rings. The lowest BCUT2D eigenvalue weighted by Crippen LogP contribution is -2.35. The Morgan fingerprint density at radius 2 is 1.15 bits per heavy atom. The Balaban J connectivity index is -0.000000327. The molecule has 0 aliphatic heterocycles. The molecular formula is C18H28N4O4. The molecule has 26 heavy (non-hydrogen) atoms. The highest BCUT2D eigenvalue weighted by molar-refractivity contribution is 5.37. The van der Waals surface area contributed by atoms with Gasteiger partial charge < -0.3 is 18.9 Å². The van der Waals surface area contributed by atoms with Gasteiger partial charge >= 0.3 is 0 Å². The van der Waals surface area contributed by atoms with Gasteiger partial charge in [0.05, 0.1) is 18.7 Å².